The van der Waals surface area contributed by atoms with Crippen LogP contribution in [0.3, 0.4) is 0 Å². The number of halogens is 1. The van der Waals surface area contributed by atoms with Crippen molar-refractivity contribution in [3.8, 4) is 0 Å². The average molecular weight is 526 g/mol. The molecular weight excluding hydrogens is 493 g/mol. The summed E-state index contributed by atoms with van der Waals surface area (Å²) in [5.41, 5.74) is 3.00. The topological polar surface area (TPSA) is 87.7 Å². The Bertz CT molecular complexity index is 1200. The second kappa shape index (κ2) is 12.4. The third kappa shape index (κ3) is 6.97. The Hall–Kier alpha value is -3.21. The summed E-state index contributed by atoms with van der Waals surface area (Å²) >= 11 is 1.32. The van der Waals surface area contributed by atoms with E-state index >= 15 is 0 Å². The van der Waals surface area contributed by atoms with Gasteiger partial charge in [-0.1, -0.05) is 43.0 Å². The van der Waals surface area contributed by atoms with Crippen LogP contribution < -0.4 is 10.2 Å². The van der Waals surface area contributed by atoms with Crippen molar-refractivity contribution in [2.75, 3.05) is 43.1 Å². The highest BCUT2D eigenvalue weighted by atomic mass is 32.1. The maximum atomic E-state index is 13.1. The van der Waals surface area contributed by atoms with E-state index < -0.39 is 5.92 Å². The van der Waals surface area contributed by atoms with E-state index in [1.54, 1.807) is 17.0 Å². The number of nitrogens with zero attached hydrogens (tertiary/aromatic N) is 4. The van der Waals surface area contributed by atoms with E-state index in [4.69, 9.17) is 4.74 Å². The molecule has 37 heavy (non-hydrogen) atoms. The number of nitrogens with one attached hydrogen (secondary N) is 1. The lowest BCUT2D eigenvalue weighted by Crippen LogP contribution is -2.35. The summed E-state index contributed by atoms with van der Waals surface area (Å²) in [6.45, 7) is 4.57. The Morgan fingerprint density at radius 2 is 1.73 bits per heavy atom. The van der Waals surface area contributed by atoms with Crippen molar-refractivity contribution in [2.45, 2.75) is 33.2 Å². The van der Waals surface area contributed by atoms with Gasteiger partial charge in [0.25, 0.3) is 0 Å². The molecule has 0 saturated carbocycles. The Morgan fingerprint density at radius 1 is 1.03 bits per heavy atom. The molecule has 3 aromatic rings. The number of anilines is 2. The molecule has 0 aliphatic carbocycles. The molecular formula is C27H32FN5O3S. The van der Waals surface area contributed by atoms with Crippen molar-refractivity contribution in [1.82, 2.24) is 15.1 Å². The standard InChI is InChI=1S/C26H28FN5O3S.CH4/c27-21-6-1-18(2-7-21)5-10-23-29-30-26(36-23)28-25(34)20-15-24(33)32(17-20)22-8-3-19(4-9-22)16-31-11-13-35-14-12-31;/h1-4,6-9,20H,5,10-17H2,(H,28,30,34);1H4/t20-;/m0./s1. The van der Waals surface area contributed by atoms with Crippen molar-refractivity contribution < 1.29 is 18.7 Å². The number of rotatable bonds is 8. The Morgan fingerprint density at radius 3 is 2.46 bits per heavy atom. The predicted molar refractivity (Wildman–Crippen MR) is 142 cm³/mol. The van der Waals surface area contributed by atoms with Gasteiger partial charge in [-0.2, -0.15) is 0 Å². The molecule has 3 heterocycles. The van der Waals surface area contributed by atoms with Gasteiger partial charge in [-0.3, -0.25) is 14.5 Å². The van der Waals surface area contributed by atoms with Crippen LogP contribution in [0.15, 0.2) is 48.5 Å². The molecule has 2 saturated heterocycles. The van der Waals surface area contributed by atoms with E-state index in [1.807, 2.05) is 24.3 Å². The van der Waals surface area contributed by atoms with Gasteiger partial charge in [0.1, 0.15) is 10.8 Å². The SMILES string of the molecule is C.O=C(Nc1nnc(CCc2ccc(F)cc2)s1)[C@H]1CC(=O)N(c2ccc(CN3CCOCC3)cc2)C1. The van der Waals surface area contributed by atoms with Gasteiger partial charge in [0, 0.05) is 44.7 Å². The summed E-state index contributed by atoms with van der Waals surface area (Å²) in [7, 11) is 0. The van der Waals surface area contributed by atoms with Gasteiger partial charge in [-0.15, -0.1) is 10.2 Å². The van der Waals surface area contributed by atoms with Crippen LogP contribution in [0.25, 0.3) is 0 Å². The molecule has 1 atom stereocenters. The fourth-order valence-electron chi connectivity index (χ4n) is 4.45. The molecule has 5 rings (SSSR count). The Labute approximate surface area is 220 Å². The maximum Gasteiger partial charge on any atom is 0.231 e. The summed E-state index contributed by atoms with van der Waals surface area (Å²) in [5.74, 6) is -0.995. The smallest absolute Gasteiger partial charge is 0.231 e. The molecule has 0 unspecified atom stereocenters. The van der Waals surface area contributed by atoms with Crippen molar-refractivity contribution in [2.24, 2.45) is 5.92 Å². The highest BCUT2D eigenvalue weighted by molar-refractivity contribution is 7.15. The number of morpholine rings is 1. The lowest BCUT2D eigenvalue weighted by Gasteiger charge is -2.26. The fourth-order valence-corrected chi connectivity index (χ4v) is 5.19. The van der Waals surface area contributed by atoms with Crippen molar-refractivity contribution >= 4 is 34.0 Å². The maximum absolute atomic E-state index is 13.1. The molecule has 2 aliphatic rings. The first-order valence-electron chi connectivity index (χ1n) is 12.1. The number of aryl methyl sites for hydroxylation is 2. The van der Waals surface area contributed by atoms with Crippen molar-refractivity contribution in [3.05, 3.63) is 70.5 Å². The number of carbonyl (C=O) groups excluding carboxylic acids is 2. The molecule has 0 spiro atoms. The quantitative estimate of drug-likeness (QED) is 0.480. The zero-order valence-corrected chi connectivity index (χ0v) is 20.7. The summed E-state index contributed by atoms with van der Waals surface area (Å²) in [4.78, 5) is 29.5. The van der Waals surface area contributed by atoms with Crippen LogP contribution in [-0.4, -0.2) is 59.8 Å². The minimum Gasteiger partial charge on any atom is -0.379 e. The normalized spacial score (nSPS) is 18.0. The number of carbonyl (C=O) groups is 2. The highest BCUT2D eigenvalue weighted by Gasteiger charge is 2.35. The van der Waals surface area contributed by atoms with Crippen LogP contribution in [0.4, 0.5) is 15.2 Å². The van der Waals surface area contributed by atoms with Crippen molar-refractivity contribution in [3.63, 3.8) is 0 Å². The summed E-state index contributed by atoms with van der Waals surface area (Å²) in [6.07, 6.45) is 1.52. The van der Waals surface area contributed by atoms with E-state index in [1.165, 1.54) is 29.0 Å². The molecule has 2 amide bonds. The molecule has 8 nitrogen and oxygen atoms in total. The third-order valence-corrected chi connectivity index (χ3v) is 7.39. The fraction of sp³-hybridized carbons (Fsp3) is 0.407. The van der Waals surface area contributed by atoms with Gasteiger partial charge in [-0.05, 0) is 41.8 Å². The average Bonchev–Trinajstić information content (AvgIpc) is 3.51. The van der Waals surface area contributed by atoms with Gasteiger partial charge in [0.15, 0.2) is 0 Å². The zero-order valence-electron chi connectivity index (χ0n) is 19.9. The lowest BCUT2D eigenvalue weighted by atomic mass is 10.1. The van der Waals surface area contributed by atoms with Crippen LogP contribution in [0, 0.1) is 11.7 Å². The van der Waals surface area contributed by atoms with E-state index in [2.05, 4.69) is 20.4 Å². The minimum atomic E-state index is -0.447. The number of amides is 2. The molecule has 10 heteroatoms. The largest absolute Gasteiger partial charge is 0.379 e. The van der Waals surface area contributed by atoms with Crippen molar-refractivity contribution in [1.29, 1.82) is 0 Å². The third-order valence-electron chi connectivity index (χ3n) is 6.49. The van der Waals surface area contributed by atoms with Crippen LogP contribution in [-0.2, 0) is 33.7 Å². The van der Waals surface area contributed by atoms with Gasteiger partial charge in [0.2, 0.25) is 16.9 Å². The van der Waals surface area contributed by atoms with Crippen LogP contribution >= 0.6 is 11.3 Å². The molecule has 196 valence electrons. The van der Waals surface area contributed by atoms with Gasteiger partial charge in [-0.25, -0.2) is 4.39 Å². The summed E-state index contributed by atoms with van der Waals surface area (Å²) in [6, 6.07) is 14.4. The molecule has 2 aromatic carbocycles. The Kier molecular flexibility index (Phi) is 8.96. The number of aromatic nitrogens is 2. The van der Waals surface area contributed by atoms with Gasteiger partial charge < -0.3 is 15.0 Å². The second-order valence-electron chi connectivity index (χ2n) is 9.08. The molecule has 2 fully saturated rings. The lowest BCUT2D eigenvalue weighted by molar-refractivity contribution is -0.122. The zero-order chi connectivity index (χ0) is 24.9. The number of ether oxygens (including phenoxy) is 1. The molecule has 1 aromatic heterocycles. The summed E-state index contributed by atoms with van der Waals surface area (Å²) in [5, 5.41) is 12.3. The molecule has 0 bridgehead atoms. The van der Waals surface area contributed by atoms with Crippen LogP contribution in [0.2, 0.25) is 0 Å². The van der Waals surface area contributed by atoms with E-state index in [0.29, 0.717) is 24.5 Å². The van der Waals surface area contributed by atoms with Crippen LogP contribution in [0.5, 0.6) is 0 Å². The van der Waals surface area contributed by atoms with E-state index in [-0.39, 0.29) is 31.5 Å². The number of hydrogen-bond acceptors (Lipinski definition) is 7. The molecule has 2 aliphatic heterocycles. The highest BCUT2D eigenvalue weighted by Crippen LogP contribution is 2.27. The van der Waals surface area contributed by atoms with Gasteiger partial charge in [0.05, 0.1) is 19.1 Å². The number of benzene rings is 2. The molecule has 0 radical (unpaired) electrons. The van der Waals surface area contributed by atoms with E-state index in [0.717, 1.165) is 49.1 Å². The second-order valence-corrected chi connectivity index (χ2v) is 10.1. The summed E-state index contributed by atoms with van der Waals surface area (Å²) < 4.78 is 18.5. The first-order chi connectivity index (χ1) is 17.5. The van der Waals surface area contributed by atoms with Gasteiger partial charge >= 0.3 is 0 Å². The Balaban J connectivity index is 0.00000320. The first-order valence-corrected chi connectivity index (χ1v) is 12.9. The monoisotopic (exact) mass is 525 g/mol. The first kappa shape index (κ1) is 26.8. The van der Waals surface area contributed by atoms with Crippen LogP contribution in [0.1, 0.15) is 30.0 Å². The predicted octanol–water partition coefficient (Wildman–Crippen LogP) is 3.92. The minimum absolute atomic E-state index is 0. The molecule has 1 N–H and O–H groups in total. The van der Waals surface area contributed by atoms with E-state index in [9.17, 15) is 14.0 Å². The number of hydrogen-bond donors (Lipinski definition) is 1.